The zero-order valence-electron chi connectivity index (χ0n) is 19.2. The Kier molecular flexibility index (Phi) is 6.06. The second-order valence-corrected chi connectivity index (χ2v) is 13.0. The van der Waals surface area contributed by atoms with E-state index < -0.39 is 53.0 Å². The van der Waals surface area contributed by atoms with Gasteiger partial charge in [0.1, 0.15) is 0 Å². The fraction of sp³-hybridized carbons (Fsp3) is 0.545. The van der Waals surface area contributed by atoms with E-state index in [0.29, 0.717) is 51.4 Å². The molecule has 0 bridgehead atoms. The lowest BCUT2D eigenvalue weighted by Gasteiger charge is -2.20. The van der Waals surface area contributed by atoms with Crippen molar-refractivity contribution in [3.05, 3.63) is 53.5 Å². The van der Waals surface area contributed by atoms with Crippen LogP contribution in [-0.2, 0) is 20.2 Å². The Hall–Kier alpha value is -3.00. The van der Waals surface area contributed by atoms with E-state index >= 15 is 0 Å². The van der Waals surface area contributed by atoms with E-state index in [9.17, 15) is 36.0 Å². The van der Waals surface area contributed by atoms with Gasteiger partial charge in [0.2, 0.25) is 0 Å². The van der Waals surface area contributed by atoms with Crippen LogP contribution in [0.15, 0.2) is 31.3 Å². The van der Waals surface area contributed by atoms with Crippen LogP contribution in [0.4, 0.5) is 0 Å². The maximum Gasteiger partial charge on any atom is 0.330 e. The summed E-state index contributed by atoms with van der Waals surface area (Å²) in [5.41, 5.74) is -4.42. The summed E-state index contributed by atoms with van der Waals surface area (Å²) in [6.45, 7) is 0. The zero-order chi connectivity index (χ0) is 25.8. The second kappa shape index (κ2) is 8.83. The average Bonchev–Trinajstić information content (AvgIpc) is 3.23. The van der Waals surface area contributed by atoms with E-state index in [0.717, 1.165) is 25.0 Å². The quantitative estimate of drug-likeness (QED) is 0.418. The lowest BCUT2D eigenvalue weighted by Crippen LogP contribution is -2.40. The highest BCUT2D eigenvalue weighted by Crippen LogP contribution is 2.25. The topological polar surface area (TPSA) is 165 Å². The number of rotatable bonds is 6. The standard InChI is InChI=1S/C22H24N2O10S2/c25-19-15-11-17-18(22(28)24(21(17)27)34-36(31,32)14-9-5-2-6-10-14)12-16(15)20(26)23(19)33-35(29,30)13-7-3-1-4-8-13/h11-14H,1-10H2. The number of benzene rings is 1. The maximum atomic E-state index is 12.9. The summed E-state index contributed by atoms with van der Waals surface area (Å²) in [7, 11) is -8.54. The molecule has 0 spiro atoms. The van der Waals surface area contributed by atoms with Gasteiger partial charge >= 0.3 is 20.2 Å². The molecule has 0 unspecified atom stereocenters. The minimum absolute atomic E-state index is 0.126. The van der Waals surface area contributed by atoms with E-state index in [1.807, 2.05) is 0 Å². The number of hydrogen-bond acceptors (Lipinski definition) is 10. The van der Waals surface area contributed by atoms with Crippen LogP contribution < -0.4 is 30.8 Å². The van der Waals surface area contributed by atoms with Crippen molar-refractivity contribution in [3.63, 3.8) is 0 Å². The molecule has 5 rings (SSSR count). The van der Waals surface area contributed by atoms with E-state index in [-0.39, 0.29) is 31.0 Å². The summed E-state index contributed by atoms with van der Waals surface area (Å²) in [6, 6.07) is 1.91. The Bertz CT molecular complexity index is 1560. The third-order valence-electron chi connectivity index (χ3n) is 7.09. The molecule has 2 fully saturated rings. The van der Waals surface area contributed by atoms with Crippen molar-refractivity contribution >= 4 is 41.8 Å². The van der Waals surface area contributed by atoms with Gasteiger partial charge in [-0.05, 0) is 37.8 Å². The number of nitrogens with zero attached hydrogens (tertiary/aromatic N) is 2. The van der Waals surface area contributed by atoms with Gasteiger partial charge in [-0.25, -0.2) is 0 Å². The molecule has 2 saturated carbocycles. The van der Waals surface area contributed by atoms with E-state index in [1.165, 1.54) is 0 Å². The molecule has 0 saturated heterocycles. The van der Waals surface area contributed by atoms with Crippen LogP contribution in [0.2, 0.25) is 0 Å². The zero-order valence-corrected chi connectivity index (χ0v) is 20.8. The van der Waals surface area contributed by atoms with E-state index in [2.05, 4.69) is 0 Å². The Labute approximate surface area is 204 Å². The molecule has 2 heterocycles. The normalized spacial score (nSPS) is 18.7. The first-order valence-corrected chi connectivity index (χ1v) is 14.8. The molecule has 3 aromatic rings. The van der Waals surface area contributed by atoms with Crippen LogP contribution in [-0.4, -0.2) is 36.8 Å². The fourth-order valence-corrected chi connectivity index (χ4v) is 7.85. The lowest BCUT2D eigenvalue weighted by molar-refractivity contribution is 0.253. The number of hydrogen-bond donors (Lipinski definition) is 0. The molecule has 0 radical (unpaired) electrons. The first kappa shape index (κ1) is 24.7. The van der Waals surface area contributed by atoms with Gasteiger partial charge in [0, 0.05) is 0 Å². The Balaban J connectivity index is 1.56. The highest BCUT2D eigenvalue weighted by atomic mass is 32.2. The van der Waals surface area contributed by atoms with Gasteiger partial charge in [0.15, 0.2) is 0 Å². The highest BCUT2D eigenvalue weighted by Gasteiger charge is 2.33. The summed E-state index contributed by atoms with van der Waals surface area (Å²) in [5, 5.41) is -3.04. The molecule has 14 heteroatoms. The van der Waals surface area contributed by atoms with Crippen molar-refractivity contribution in [2.24, 2.45) is 0 Å². The van der Waals surface area contributed by atoms with Crippen LogP contribution in [0.25, 0.3) is 21.5 Å². The van der Waals surface area contributed by atoms with Crippen LogP contribution >= 0.6 is 0 Å². The molecule has 0 amide bonds. The predicted octanol–water partition coefficient (Wildman–Crippen LogP) is 0.0946. The van der Waals surface area contributed by atoms with Gasteiger partial charge in [-0.2, -0.15) is 16.8 Å². The van der Waals surface area contributed by atoms with Crippen LogP contribution in [0.3, 0.4) is 0 Å². The molecule has 12 nitrogen and oxygen atoms in total. The average molecular weight is 541 g/mol. The Morgan fingerprint density at radius 3 is 1.08 bits per heavy atom. The molecule has 2 aromatic heterocycles. The second-order valence-electron chi connectivity index (χ2n) is 9.41. The van der Waals surface area contributed by atoms with Crippen molar-refractivity contribution in [1.82, 2.24) is 9.46 Å². The van der Waals surface area contributed by atoms with Crippen molar-refractivity contribution in [3.8, 4) is 0 Å². The third-order valence-corrected chi connectivity index (χ3v) is 10.4. The molecule has 2 aliphatic carbocycles. The SMILES string of the molecule is O=c1c2cc3c(=O)n(OS(=O)(=O)C4CCCCC4)c(=O)c3cc2c(=O)n1OS(=O)(=O)C1CCCCC1. The molecule has 0 aliphatic heterocycles. The van der Waals surface area contributed by atoms with Gasteiger partial charge < -0.3 is 0 Å². The van der Waals surface area contributed by atoms with Crippen LogP contribution in [0, 0.1) is 0 Å². The summed E-state index contributed by atoms with van der Waals surface area (Å²) < 4.78 is 60.6. The Morgan fingerprint density at radius 2 is 0.806 bits per heavy atom. The molecular formula is C22H24N2O10S2. The molecule has 1 aromatic carbocycles. The predicted molar refractivity (Wildman–Crippen MR) is 130 cm³/mol. The molecule has 0 N–H and O–H groups in total. The van der Waals surface area contributed by atoms with Gasteiger partial charge in [-0.3, -0.25) is 27.7 Å². The van der Waals surface area contributed by atoms with Crippen LogP contribution in [0.1, 0.15) is 64.2 Å². The first-order valence-electron chi connectivity index (χ1n) is 11.8. The minimum atomic E-state index is -4.27. The van der Waals surface area contributed by atoms with Crippen molar-refractivity contribution in [1.29, 1.82) is 0 Å². The summed E-state index contributed by atoms with van der Waals surface area (Å²) in [4.78, 5) is 51.4. The summed E-state index contributed by atoms with van der Waals surface area (Å²) in [6.07, 6.45) is 5.89. The lowest BCUT2D eigenvalue weighted by atomic mass is 10.0. The number of aromatic nitrogens is 2. The van der Waals surface area contributed by atoms with Crippen molar-refractivity contribution in [2.75, 3.05) is 0 Å². The van der Waals surface area contributed by atoms with Gasteiger partial charge in [0.05, 0.1) is 32.0 Å². The highest BCUT2D eigenvalue weighted by molar-refractivity contribution is 7.87. The molecule has 2 aliphatic rings. The molecule has 194 valence electrons. The monoisotopic (exact) mass is 540 g/mol. The van der Waals surface area contributed by atoms with E-state index in [4.69, 9.17) is 8.57 Å². The minimum Gasteiger partial charge on any atom is -0.280 e. The van der Waals surface area contributed by atoms with E-state index in [1.54, 1.807) is 0 Å². The molecule has 36 heavy (non-hydrogen) atoms. The first-order chi connectivity index (χ1) is 17.0. The molecule has 0 atom stereocenters. The third kappa shape index (κ3) is 4.05. The van der Waals surface area contributed by atoms with Crippen molar-refractivity contribution < 1.29 is 25.4 Å². The summed E-state index contributed by atoms with van der Waals surface area (Å²) in [5.74, 6) is 0. The smallest absolute Gasteiger partial charge is 0.280 e. The van der Waals surface area contributed by atoms with Gasteiger partial charge in [-0.15, -0.1) is 0 Å². The van der Waals surface area contributed by atoms with Gasteiger partial charge in [0.25, 0.3) is 22.2 Å². The van der Waals surface area contributed by atoms with Gasteiger partial charge in [-0.1, -0.05) is 48.0 Å². The summed E-state index contributed by atoms with van der Waals surface area (Å²) >= 11 is 0. The Morgan fingerprint density at radius 1 is 0.528 bits per heavy atom. The van der Waals surface area contributed by atoms with Crippen LogP contribution in [0.5, 0.6) is 0 Å². The largest absolute Gasteiger partial charge is 0.330 e. The maximum absolute atomic E-state index is 12.9. The fourth-order valence-electron chi connectivity index (χ4n) is 5.10. The molecular weight excluding hydrogens is 516 g/mol. The van der Waals surface area contributed by atoms with Crippen molar-refractivity contribution in [2.45, 2.75) is 74.7 Å². The number of fused-ring (bicyclic) bond motifs is 2.